The van der Waals surface area contributed by atoms with Gasteiger partial charge in [0, 0.05) is 31.5 Å². The highest BCUT2D eigenvalue weighted by Gasteiger charge is 2.15. The van der Waals surface area contributed by atoms with Gasteiger partial charge in [-0.25, -0.2) is 22.0 Å². The third kappa shape index (κ3) is 2.85. The first kappa shape index (κ1) is 15.0. The molecule has 1 N–H and O–H groups in total. The van der Waals surface area contributed by atoms with Gasteiger partial charge in [-0.1, -0.05) is 11.6 Å². The monoisotopic (exact) mass is 342 g/mol. The van der Waals surface area contributed by atoms with Crippen LogP contribution in [-0.2, 0) is 16.6 Å². The topological polar surface area (TPSA) is 68.4 Å². The molecule has 1 aromatic carbocycles. The third-order valence-electron chi connectivity index (χ3n) is 3.18. The molecule has 0 radical (unpaired) electrons. The van der Waals surface area contributed by atoms with Gasteiger partial charge in [0.05, 0.1) is 16.1 Å². The minimum atomic E-state index is -3.73. The molecule has 0 amide bonds. The van der Waals surface area contributed by atoms with E-state index in [1.54, 1.807) is 16.9 Å². The van der Waals surface area contributed by atoms with Gasteiger partial charge in [-0.3, -0.25) is 0 Å². The Morgan fingerprint density at radius 1 is 1.27 bits per heavy atom. The fraction of sp³-hybridized carbons (Fsp3) is 0.154. The first-order chi connectivity index (χ1) is 10.5. The number of hydrogen-bond acceptors (Lipinski definition) is 3. The molecule has 0 saturated carbocycles. The number of sulfonamides is 1. The van der Waals surface area contributed by atoms with E-state index in [0.717, 1.165) is 17.8 Å². The van der Waals surface area contributed by atoms with Crippen LogP contribution in [0.3, 0.4) is 0 Å². The van der Waals surface area contributed by atoms with Crippen molar-refractivity contribution in [3.63, 3.8) is 0 Å². The van der Waals surface area contributed by atoms with Gasteiger partial charge in [0.2, 0.25) is 10.0 Å². The third-order valence-corrected chi connectivity index (χ3v) is 4.93. The van der Waals surface area contributed by atoms with Gasteiger partial charge in [0.1, 0.15) is 11.5 Å². The molecule has 0 aliphatic carbocycles. The number of nitrogens with one attached hydrogen (secondary N) is 1. The first-order valence-corrected chi connectivity index (χ1v) is 8.27. The summed E-state index contributed by atoms with van der Waals surface area (Å²) in [6.07, 6.45) is 5.26. The summed E-state index contributed by atoms with van der Waals surface area (Å²) in [5.74, 6) is -0.656. The quantitative estimate of drug-likeness (QED) is 0.770. The predicted octanol–water partition coefficient (Wildman–Crippen LogP) is 1.91. The maximum Gasteiger partial charge on any atom is 0.240 e. The number of fused-ring (bicyclic) bond motifs is 1. The first-order valence-electron chi connectivity index (χ1n) is 6.40. The van der Waals surface area contributed by atoms with E-state index in [9.17, 15) is 12.8 Å². The normalized spacial score (nSPS) is 12.1. The fourth-order valence-electron chi connectivity index (χ4n) is 2.09. The van der Waals surface area contributed by atoms with Gasteiger partial charge in [0.15, 0.2) is 0 Å². The molecular weight excluding hydrogens is 331 g/mol. The second-order valence-corrected chi connectivity index (χ2v) is 6.77. The minimum absolute atomic E-state index is 0.0686. The minimum Gasteiger partial charge on any atom is -0.330 e. The molecule has 0 spiro atoms. The second kappa shape index (κ2) is 5.71. The van der Waals surface area contributed by atoms with Crippen molar-refractivity contribution in [2.75, 3.05) is 6.54 Å². The van der Waals surface area contributed by atoms with E-state index in [1.807, 2.05) is 16.8 Å². The number of halogens is 2. The van der Waals surface area contributed by atoms with E-state index in [-0.39, 0.29) is 16.5 Å². The van der Waals surface area contributed by atoms with Crippen LogP contribution in [0.2, 0.25) is 5.02 Å². The molecule has 0 fully saturated rings. The van der Waals surface area contributed by atoms with E-state index in [0.29, 0.717) is 6.54 Å². The molecule has 0 aliphatic heterocycles. The average molecular weight is 343 g/mol. The van der Waals surface area contributed by atoms with Crippen LogP contribution in [0.1, 0.15) is 0 Å². The van der Waals surface area contributed by atoms with Crippen molar-refractivity contribution in [2.45, 2.75) is 11.4 Å². The van der Waals surface area contributed by atoms with Crippen molar-refractivity contribution >= 4 is 27.3 Å². The summed E-state index contributed by atoms with van der Waals surface area (Å²) in [6, 6.07) is 5.12. The van der Waals surface area contributed by atoms with Crippen molar-refractivity contribution in [1.82, 2.24) is 18.9 Å². The lowest BCUT2D eigenvalue weighted by atomic mass is 10.3. The van der Waals surface area contributed by atoms with E-state index in [1.165, 1.54) is 6.07 Å². The fourth-order valence-corrected chi connectivity index (χ4v) is 3.38. The van der Waals surface area contributed by atoms with Crippen molar-refractivity contribution in [2.24, 2.45) is 0 Å². The van der Waals surface area contributed by atoms with Crippen LogP contribution in [0.15, 0.2) is 47.8 Å². The lowest BCUT2D eigenvalue weighted by Gasteiger charge is -2.08. The Balaban J connectivity index is 1.70. The summed E-state index contributed by atoms with van der Waals surface area (Å²) in [6.45, 7) is 0.628. The Morgan fingerprint density at radius 3 is 2.86 bits per heavy atom. The van der Waals surface area contributed by atoms with Crippen molar-refractivity contribution in [3.8, 4) is 0 Å². The molecule has 0 aliphatic rings. The van der Waals surface area contributed by atoms with Crippen LogP contribution in [0.25, 0.3) is 5.65 Å². The smallest absolute Gasteiger partial charge is 0.240 e. The Morgan fingerprint density at radius 2 is 2.09 bits per heavy atom. The van der Waals surface area contributed by atoms with Gasteiger partial charge in [-0.05, 0) is 18.2 Å². The Hall–Kier alpha value is -1.90. The summed E-state index contributed by atoms with van der Waals surface area (Å²) in [5.41, 5.74) is 0.865. The second-order valence-electron chi connectivity index (χ2n) is 4.60. The molecule has 3 rings (SSSR count). The highest BCUT2D eigenvalue weighted by molar-refractivity contribution is 7.89. The summed E-state index contributed by atoms with van der Waals surface area (Å²) >= 11 is 5.61. The maximum atomic E-state index is 13.1. The number of rotatable bonds is 5. The Labute approximate surface area is 131 Å². The molecule has 0 unspecified atom stereocenters. The zero-order chi connectivity index (χ0) is 15.7. The molecule has 2 aromatic heterocycles. The van der Waals surface area contributed by atoms with Crippen molar-refractivity contribution in [3.05, 3.63) is 53.7 Å². The van der Waals surface area contributed by atoms with Crippen molar-refractivity contribution < 1.29 is 12.8 Å². The predicted molar refractivity (Wildman–Crippen MR) is 79.8 cm³/mol. The number of benzene rings is 1. The number of imidazole rings is 1. The highest BCUT2D eigenvalue weighted by Crippen LogP contribution is 2.19. The number of hydrogen-bond donors (Lipinski definition) is 1. The van der Waals surface area contributed by atoms with Crippen molar-refractivity contribution in [1.29, 1.82) is 0 Å². The molecule has 0 saturated heterocycles. The van der Waals surface area contributed by atoms with E-state index >= 15 is 0 Å². The zero-order valence-electron chi connectivity index (χ0n) is 11.3. The molecule has 9 heteroatoms. The Kier molecular flexibility index (Phi) is 3.90. The van der Waals surface area contributed by atoms with Crippen LogP contribution < -0.4 is 4.72 Å². The van der Waals surface area contributed by atoms with Crippen LogP contribution in [-0.4, -0.2) is 29.1 Å². The summed E-state index contributed by atoms with van der Waals surface area (Å²) in [4.78, 5) is -0.0686. The summed E-state index contributed by atoms with van der Waals surface area (Å²) in [5, 5.41) is 3.84. The van der Waals surface area contributed by atoms with Crippen LogP contribution in [0.4, 0.5) is 4.39 Å². The highest BCUT2D eigenvalue weighted by atomic mass is 35.5. The Bertz CT molecular complexity index is 919. The summed E-state index contributed by atoms with van der Waals surface area (Å²) < 4.78 is 43.3. The number of nitrogens with zero attached hydrogens (tertiary/aromatic N) is 3. The van der Waals surface area contributed by atoms with E-state index in [2.05, 4.69) is 9.82 Å². The van der Waals surface area contributed by atoms with Gasteiger partial charge in [-0.15, -0.1) is 0 Å². The van der Waals surface area contributed by atoms with E-state index < -0.39 is 15.8 Å². The molecular formula is C13H12ClFN4O2S. The van der Waals surface area contributed by atoms with Crippen LogP contribution in [0.5, 0.6) is 0 Å². The van der Waals surface area contributed by atoms with E-state index in [4.69, 9.17) is 11.6 Å². The lowest BCUT2D eigenvalue weighted by molar-refractivity contribution is 0.573. The molecule has 3 aromatic rings. The molecule has 0 bridgehead atoms. The van der Waals surface area contributed by atoms with Gasteiger partial charge in [-0.2, -0.15) is 5.10 Å². The SMILES string of the molecule is O=S(=O)(NCCn1ccn2nccc12)c1ccc(F)c(Cl)c1. The molecule has 6 nitrogen and oxygen atoms in total. The lowest BCUT2D eigenvalue weighted by Crippen LogP contribution is -2.27. The van der Waals surface area contributed by atoms with Crippen LogP contribution in [0, 0.1) is 5.82 Å². The molecule has 2 heterocycles. The largest absolute Gasteiger partial charge is 0.330 e. The van der Waals surface area contributed by atoms with Crippen LogP contribution >= 0.6 is 11.6 Å². The van der Waals surface area contributed by atoms with Gasteiger partial charge < -0.3 is 4.57 Å². The molecule has 22 heavy (non-hydrogen) atoms. The maximum absolute atomic E-state index is 13.1. The molecule has 0 atom stereocenters. The zero-order valence-corrected chi connectivity index (χ0v) is 12.9. The van der Waals surface area contributed by atoms with Gasteiger partial charge >= 0.3 is 0 Å². The standard InChI is InChI=1S/C13H12ClFN4O2S/c14-11-9-10(1-2-12(11)15)22(20,21)17-5-6-18-7-8-19-13(18)3-4-16-19/h1-4,7-9,17H,5-6H2. The average Bonchev–Trinajstić information content (AvgIpc) is 3.06. The van der Waals surface area contributed by atoms with Gasteiger partial charge in [0.25, 0.3) is 0 Å². The molecule has 116 valence electrons. The summed E-state index contributed by atoms with van der Waals surface area (Å²) in [7, 11) is -3.73. The number of aromatic nitrogens is 3.